The van der Waals surface area contributed by atoms with E-state index in [1.807, 2.05) is 0 Å². The number of esters is 2. The van der Waals surface area contributed by atoms with E-state index in [9.17, 15) is 19.0 Å². The third-order valence-corrected chi connectivity index (χ3v) is 2.83. The first-order valence-corrected chi connectivity index (χ1v) is 7.37. The maximum atomic E-state index is 11.3. The summed E-state index contributed by atoms with van der Waals surface area (Å²) >= 11 is 0. The van der Waals surface area contributed by atoms with E-state index < -0.39 is 19.8 Å². The van der Waals surface area contributed by atoms with Gasteiger partial charge in [-0.15, -0.1) is 0 Å². The molecule has 0 spiro atoms. The molecule has 0 atom stereocenters. The fourth-order valence-electron chi connectivity index (χ4n) is 0.851. The highest BCUT2D eigenvalue weighted by Gasteiger charge is 2.11. The van der Waals surface area contributed by atoms with E-state index >= 15 is 0 Å². The lowest BCUT2D eigenvalue weighted by Gasteiger charge is -2.22. The van der Waals surface area contributed by atoms with E-state index in [0.717, 1.165) is 0 Å². The van der Waals surface area contributed by atoms with Crippen LogP contribution in [0, 0.1) is 0 Å². The second kappa shape index (κ2) is 11.1. The minimum Gasteiger partial charge on any atom is -0.756 e. The predicted molar refractivity (Wildman–Crippen MR) is 77.0 cm³/mol. The van der Waals surface area contributed by atoms with E-state index in [4.69, 9.17) is 0 Å². The maximum absolute atomic E-state index is 11.3. The zero-order valence-electron chi connectivity index (χ0n) is 13.0. The van der Waals surface area contributed by atoms with Crippen LogP contribution >= 0.6 is 7.82 Å². The third kappa shape index (κ3) is 11.2. The van der Waals surface area contributed by atoms with Gasteiger partial charge in [0.15, 0.2) is 0 Å². The Bertz CT molecular complexity index is 424. The highest BCUT2D eigenvalue weighted by Crippen LogP contribution is 2.37. The first-order valence-electron chi connectivity index (χ1n) is 5.91. The Morgan fingerprint density at radius 2 is 1.23 bits per heavy atom. The number of phosphoric acid groups is 1. The molecule has 0 rings (SSSR count). The van der Waals surface area contributed by atoms with Crippen LogP contribution in [-0.4, -0.2) is 38.4 Å². The van der Waals surface area contributed by atoms with Crippen LogP contribution in [0.5, 0.6) is 0 Å². The van der Waals surface area contributed by atoms with Gasteiger partial charge in [-0.1, -0.05) is 13.2 Å². The molecule has 0 aliphatic carbocycles. The first kappa shape index (κ1) is 22.8. The summed E-state index contributed by atoms with van der Waals surface area (Å²) in [6, 6.07) is 0. The minimum absolute atomic E-state index is 0. The van der Waals surface area contributed by atoms with Crippen molar-refractivity contribution in [3.8, 4) is 0 Å². The van der Waals surface area contributed by atoms with Crippen molar-refractivity contribution in [2.75, 3.05) is 26.4 Å². The van der Waals surface area contributed by atoms with Crippen molar-refractivity contribution in [1.29, 1.82) is 0 Å². The van der Waals surface area contributed by atoms with Crippen LogP contribution in [0.1, 0.15) is 13.8 Å². The molecule has 0 aliphatic heterocycles. The summed E-state index contributed by atoms with van der Waals surface area (Å²) in [7, 11) is -4.54. The second-order valence-electron chi connectivity index (χ2n) is 3.95. The van der Waals surface area contributed by atoms with Crippen LogP contribution in [0.2, 0.25) is 0 Å². The van der Waals surface area contributed by atoms with Gasteiger partial charge in [0, 0.05) is 11.1 Å². The van der Waals surface area contributed by atoms with Crippen molar-refractivity contribution < 1.29 is 37.6 Å². The fourth-order valence-corrected chi connectivity index (χ4v) is 1.52. The minimum atomic E-state index is -4.54. The van der Waals surface area contributed by atoms with Crippen molar-refractivity contribution in [1.82, 2.24) is 6.15 Å². The van der Waals surface area contributed by atoms with E-state index in [1.165, 1.54) is 13.8 Å². The van der Waals surface area contributed by atoms with E-state index in [0.29, 0.717) is 0 Å². The zero-order valence-corrected chi connectivity index (χ0v) is 13.9. The zero-order chi connectivity index (χ0) is 16.5. The van der Waals surface area contributed by atoms with Crippen LogP contribution in [0.3, 0.4) is 0 Å². The molecule has 0 saturated heterocycles. The second-order valence-corrected chi connectivity index (χ2v) is 5.36. The number of carbonyl (C=O) groups excluding carboxylic acids is 2. The summed E-state index contributed by atoms with van der Waals surface area (Å²) in [4.78, 5) is 33.2. The third-order valence-electron chi connectivity index (χ3n) is 1.83. The van der Waals surface area contributed by atoms with Gasteiger partial charge in [0.2, 0.25) is 0 Å². The lowest BCUT2D eigenvalue weighted by Crippen LogP contribution is -2.16. The number of quaternary nitrogens is 1. The normalized spacial score (nSPS) is 10.3. The molecule has 0 aromatic rings. The molecular formula is C12H22NO8P. The Kier molecular flexibility index (Phi) is 11.5. The molecule has 9 nitrogen and oxygen atoms in total. The Balaban J connectivity index is 0. The summed E-state index contributed by atoms with van der Waals surface area (Å²) in [5.74, 6) is -1.29. The van der Waals surface area contributed by atoms with E-state index in [2.05, 4.69) is 31.7 Å². The molecule has 10 heteroatoms. The highest BCUT2D eigenvalue weighted by molar-refractivity contribution is 7.45. The monoisotopic (exact) mass is 339 g/mol. The molecule has 0 unspecified atom stereocenters. The number of ether oxygens (including phenoxy) is 2. The van der Waals surface area contributed by atoms with Crippen molar-refractivity contribution in [2.24, 2.45) is 0 Å². The van der Waals surface area contributed by atoms with Crippen LogP contribution in [0.25, 0.3) is 0 Å². The van der Waals surface area contributed by atoms with Crippen molar-refractivity contribution in [3.05, 3.63) is 24.3 Å². The average molecular weight is 339 g/mol. The maximum Gasteiger partial charge on any atom is 0.333 e. The van der Waals surface area contributed by atoms with Crippen molar-refractivity contribution in [3.63, 3.8) is 0 Å². The summed E-state index contributed by atoms with van der Waals surface area (Å²) in [6.45, 7) is 8.34. The van der Waals surface area contributed by atoms with Crippen LogP contribution in [0.4, 0.5) is 0 Å². The summed E-state index contributed by atoms with van der Waals surface area (Å²) in [5, 5.41) is 0. The van der Waals surface area contributed by atoms with Gasteiger partial charge in [-0.05, 0) is 13.8 Å². The molecule has 0 saturated carbocycles. The standard InChI is InChI=1S/C12H19O8P.H3N/c1-9(2)11(13)17-5-7-19-21(15,16)20-8-6-18-12(14)10(3)4;/h1,3,5-8H2,2,4H3,(H,15,16);1H3. The molecule has 0 aromatic heterocycles. The molecule has 22 heavy (non-hydrogen) atoms. The van der Waals surface area contributed by atoms with Crippen LogP contribution < -0.4 is 11.0 Å². The van der Waals surface area contributed by atoms with Gasteiger partial charge < -0.3 is 29.6 Å². The molecule has 0 heterocycles. The fraction of sp³-hybridized carbons (Fsp3) is 0.500. The van der Waals surface area contributed by atoms with Gasteiger partial charge >= 0.3 is 11.9 Å². The Labute approximate surface area is 129 Å². The number of carbonyl (C=O) groups is 2. The quantitative estimate of drug-likeness (QED) is 0.269. The van der Waals surface area contributed by atoms with Crippen LogP contribution in [-0.2, 0) is 32.7 Å². The van der Waals surface area contributed by atoms with Gasteiger partial charge in [-0.2, -0.15) is 0 Å². The molecule has 0 aromatic carbocycles. The van der Waals surface area contributed by atoms with Gasteiger partial charge in [0.1, 0.15) is 13.2 Å². The molecule has 4 N–H and O–H groups in total. The molecule has 0 radical (unpaired) electrons. The number of hydrogen-bond donors (Lipinski definition) is 1. The first-order chi connectivity index (χ1) is 9.65. The SMILES string of the molecule is C=C(C)C(=O)OCCOP(=O)([O-])OCCOC(=O)C(=C)C.[NH4+]. The van der Waals surface area contributed by atoms with E-state index in [1.54, 1.807) is 0 Å². The molecular weight excluding hydrogens is 317 g/mol. The Morgan fingerprint density at radius 1 is 0.909 bits per heavy atom. The highest BCUT2D eigenvalue weighted by atomic mass is 31.2. The summed E-state index contributed by atoms with van der Waals surface area (Å²) in [6.07, 6.45) is 0. The van der Waals surface area contributed by atoms with E-state index in [-0.39, 0.29) is 43.7 Å². The number of hydrogen-bond acceptors (Lipinski definition) is 8. The van der Waals surface area contributed by atoms with Gasteiger partial charge in [-0.25, -0.2) is 9.59 Å². The summed E-state index contributed by atoms with van der Waals surface area (Å²) in [5.41, 5.74) is 0.381. The van der Waals surface area contributed by atoms with Crippen molar-refractivity contribution in [2.45, 2.75) is 13.8 Å². The molecule has 0 bridgehead atoms. The average Bonchev–Trinajstić information content (AvgIpc) is 2.38. The lowest BCUT2D eigenvalue weighted by atomic mass is 10.4. The van der Waals surface area contributed by atoms with Gasteiger partial charge in [0.25, 0.3) is 7.82 Å². The topological polar surface area (TPSA) is 148 Å². The molecule has 0 fully saturated rings. The number of phosphoric ester groups is 1. The lowest BCUT2D eigenvalue weighted by molar-refractivity contribution is -0.227. The van der Waals surface area contributed by atoms with Crippen molar-refractivity contribution >= 4 is 19.8 Å². The molecule has 0 amide bonds. The van der Waals surface area contributed by atoms with Gasteiger partial charge in [0.05, 0.1) is 13.2 Å². The number of rotatable bonds is 10. The largest absolute Gasteiger partial charge is 0.756 e. The molecule has 128 valence electrons. The Morgan fingerprint density at radius 3 is 1.50 bits per heavy atom. The predicted octanol–water partition coefficient (Wildman–Crippen LogP) is 1.10. The smallest absolute Gasteiger partial charge is 0.333 e. The Hall–Kier alpha value is -1.51. The molecule has 0 aliphatic rings. The summed E-state index contributed by atoms with van der Waals surface area (Å²) < 4.78 is 29.4. The van der Waals surface area contributed by atoms with Gasteiger partial charge in [-0.3, -0.25) is 4.57 Å². The van der Waals surface area contributed by atoms with Crippen LogP contribution in [0.15, 0.2) is 24.3 Å².